The quantitative estimate of drug-likeness (QED) is 0.716. The van der Waals surface area contributed by atoms with Crippen LogP contribution in [0.4, 0.5) is 5.69 Å². The summed E-state index contributed by atoms with van der Waals surface area (Å²) in [6, 6.07) is 5.69. The summed E-state index contributed by atoms with van der Waals surface area (Å²) in [6.07, 6.45) is 1.56. The van der Waals surface area contributed by atoms with E-state index in [1.54, 1.807) is 12.3 Å². The lowest BCUT2D eigenvalue weighted by molar-refractivity contribution is 1.10. The zero-order valence-electron chi connectivity index (χ0n) is 6.61. The Bertz CT molecular complexity index is 462. The minimum atomic E-state index is 0.603. The maximum atomic E-state index is 8.62. The van der Waals surface area contributed by atoms with Gasteiger partial charge in [-0.1, -0.05) is 0 Å². The SMILES string of the molecule is N#Cc1ccc(-c2[nH]ncc2N)s1. The Morgan fingerprint density at radius 2 is 2.38 bits per heavy atom. The molecule has 0 unspecified atom stereocenters. The summed E-state index contributed by atoms with van der Waals surface area (Å²) >= 11 is 1.39. The van der Waals surface area contributed by atoms with Crippen LogP contribution in [0.1, 0.15) is 4.88 Å². The van der Waals surface area contributed by atoms with E-state index in [0.29, 0.717) is 10.6 Å². The van der Waals surface area contributed by atoms with Crippen molar-refractivity contribution >= 4 is 17.0 Å². The smallest absolute Gasteiger partial charge is 0.110 e. The van der Waals surface area contributed by atoms with E-state index >= 15 is 0 Å². The van der Waals surface area contributed by atoms with E-state index in [9.17, 15) is 0 Å². The van der Waals surface area contributed by atoms with E-state index in [1.807, 2.05) is 6.07 Å². The Hall–Kier alpha value is -1.80. The molecule has 64 valence electrons. The van der Waals surface area contributed by atoms with Gasteiger partial charge in [-0.3, -0.25) is 5.10 Å². The fourth-order valence-electron chi connectivity index (χ4n) is 1.03. The third-order valence-corrected chi connectivity index (χ3v) is 2.64. The van der Waals surface area contributed by atoms with Crippen LogP contribution in [-0.4, -0.2) is 10.2 Å². The molecule has 5 heteroatoms. The van der Waals surface area contributed by atoms with Crippen LogP contribution in [0.25, 0.3) is 10.6 Å². The summed E-state index contributed by atoms with van der Waals surface area (Å²) in [5.74, 6) is 0. The van der Waals surface area contributed by atoms with Crippen molar-refractivity contribution < 1.29 is 0 Å². The Labute approximate surface area is 78.6 Å². The number of aromatic amines is 1. The van der Waals surface area contributed by atoms with Crippen LogP contribution in [0.2, 0.25) is 0 Å². The van der Waals surface area contributed by atoms with Gasteiger partial charge in [-0.15, -0.1) is 11.3 Å². The van der Waals surface area contributed by atoms with Gasteiger partial charge in [0.25, 0.3) is 0 Å². The second-order valence-corrected chi connectivity index (χ2v) is 3.56. The fraction of sp³-hybridized carbons (Fsp3) is 0. The first-order valence-corrected chi connectivity index (χ1v) is 4.42. The minimum Gasteiger partial charge on any atom is -0.396 e. The maximum absolute atomic E-state index is 8.62. The van der Waals surface area contributed by atoms with Gasteiger partial charge in [-0.2, -0.15) is 10.4 Å². The maximum Gasteiger partial charge on any atom is 0.110 e. The molecule has 0 saturated carbocycles. The minimum absolute atomic E-state index is 0.603. The lowest BCUT2D eigenvalue weighted by atomic mass is 10.3. The molecule has 0 fully saturated rings. The van der Waals surface area contributed by atoms with Crippen LogP contribution in [0.15, 0.2) is 18.3 Å². The number of aromatic nitrogens is 2. The van der Waals surface area contributed by atoms with E-state index < -0.39 is 0 Å². The van der Waals surface area contributed by atoms with Crippen LogP contribution >= 0.6 is 11.3 Å². The average molecular weight is 190 g/mol. The predicted molar refractivity (Wildman–Crippen MR) is 51.0 cm³/mol. The van der Waals surface area contributed by atoms with Gasteiger partial charge in [0.15, 0.2) is 0 Å². The van der Waals surface area contributed by atoms with Crippen LogP contribution in [-0.2, 0) is 0 Å². The zero-order chi connectivity index (χ0) is 9.26. The summed E-state index contributed by atoms with van der Waals surface area (Å²) in [7, 11) is 0. The third-order valence-electron chi connectivity index (χ3n) is 1.63. The molecular weight excluding hydrogens is 184 g/mol. The van der Waals surface area contributed by atoms with Crippen molar-refractivity contribution in [2.75, 3.05) is 5.73 Å². The summed E-state index contributed by atoms with van der Waals surface area (Å²) < 4.78 is 0. The number of nitriles is 1. The molecule has 2 rings (SSSR count). The van der Waals surface area contributed by atoms with Crippen LogP contribution in [0.3, 0.4) is 0 Å². The number of nitrogens with two attached hydrogens (primary N) is 1. The number of hydrogen-bond acceptors (Lipinski definition) is 4. The second kappa shape index (κ2) is 2.92. The summed E-state index contributed by atoms with van der Waals surface area (Å²) in [4.78, 5) is 1.61. The Kier molecular flexibility index (Phi) is 1.76. The highest BCUT2D eigenvalue weighted by Gasteiger charge is 2.06. The monoisotopic (exact) mass is 190 g/mol. The first kappa shape index (κ1) is 7.83. The van der Waals surface area contributed by atoms with E-state index in [1.165, 1.54) is 11.3 Å². The Morgan fingerprint density at radius 3 is 2.92 bits per heavy atom. The largest absolute Gasteiger partial charge is 0.396 e. The van der Waals surface area contributed by atoms with Crippen molar-refractivity contribution in [3.8, 4) is 16.6 Å². The molecule has 0 saturated heterocycles. The number of nitrogen functional groups attached to an aromatic ring is 1. The molecule has 0 aliphatic heterocycles. The van der Waals surface area contributed by atoms with E-state index in [-0.39, 0.29) is 0 Å². The van der Waals surface area contributed by atoms with Crippen molar-refractivity contribution in [1.82, 2.24) is 10.2 Å². The van der Waals surface area contributed by atoms with Crippen molar-refractivity contribution in [2.24, 2.45) is 0 Å². The van der Waals surface area contributed by atoms with Crippen molar-refractivity contribution in [1.29, 1.82) is 5.26 Å². The van der Waals surface area contributed by atoms with Gasteiger partial charge < -0.3 is 5.73 Å². The summed E-state index contributed by atoms with van der Waals surface area (Å²) in [6.45, 7) is 0. The molecule has 2 heterocycles. The number of rotatable bonds is 1. The van der Waals surface area contributed by atoms with Gasteiger partial charge in [0.05, 0.1) is 22.5 Å². The normalized spacial score (nSPS) is 9.77. The number of nitrogens with zero attached hydrogens (tertiary/aromatic N) is 2. The van der Waals surface area contributed by atoms with Crippen molar-refractivity contribution in [3.63, 3.8) is 0 Å². The van der Waals surface area contributed by atoms with Gasteiger partial charge in [0.2, 0.25) is 0 Å². The lowest BCUT2D eigenvalue weighted by Crippen LogP contribution is -1.83. The van der Waals surface area contributed by atoms with Gasteiger partial charge in [-0.05, 0) is 12.1 Å². The Balaban J connectivity index is 2.48. The molecule has 0 spiro atoms. The predicted octanol–water partition coefficient (Wildman–Crippen LogP) is 1.59. The highest BCUT2D eigenvalue weighted by molar-refractivity contribution is 7.16. The molecule has 4 nitrogen and oxygen atoms in total. The number of H-pyrrole nitrogens is 1. The van der Waals surface area contributed by atoms with Crippen LogP contribution in [0, 0.1) is 11.3 Å². The van der Waals surface area contributed by atoms with Crippen molar-refractivity contribution in [3.05, 3.63) is 23.2 Å². The van der Waals surface area contributed by atoms with Gasteiger partial charge in [0.1, 0.15) is 10.9 Å². The summed E-state index contributed by atoms with van der Waals surface area (Å²) in [5, 5.41) is 15.2. The van der Waals surface area contributed by atoms with Crippen LogP contribution < -0.4 is 5.73 Å². The molecule has 0 bridgehead atoms. The molecule has 13 heavy (non-hydrogen) atoms. The van der Waals surface area contributed by atoms with E-state index in [0.717, 1.165) is 10.6 Å². The standard InChI is InChI=1S/C8H6N4S/c9-3-5-1-2-7(13-5)8-6(10)4-11-12-8/h1-2,4H,10H2,(H,11,12). The molecular formula is C8H6N4S. The fourth-order valence-corrected chi connectivity index (χ4v) is 1.85. The topological polar surface area (TPSA) is 78.5 Å². The molecule has 0 aliphatic rings. The molecule has 3 N–H and O–H groups in total. The molecule has 2 aromatic rings. The molecule has 0 atom stereocenters. The lowest BCUT2D eigenvalue weighted by Gasteiger charge is -1.91. The Morgan fingerprint density at radius 1 is 1.54 bits per heavy atom. The van der Waals surface area contributed by atoms with Gasteiger partial charge in [-0.25, -0.2) is 0 Å². The number of hydrogen-bond donors (Lipinski definition) is 2. The first-order chi connectivity index (χ1) is 6.31. The second-order valence-electron chi connectivity index (χ2n) is 2.48. The number of nitrogens with one attached hydrogen (secondary N) is 1. The number of anilines is 1. The average Bonchev–Trinajstić information content (AvgIpc) is 2.71. The summed E-state index contributed by atoms with van der Waals surface area (Å²) in [5.41, 5.74) is 7.04. The third kappa shape index (κ3) is 1.27. The van der Waals surface area contributed by atoms with Gasteiger partial charge in [0, 0.05) is 0 Å². The zero-order valence-corrected chi connectivity index (χ0v) is 7.43. The van der Waals surface area contributed by atoms with E-state index in [2.05, 4.69) is 16.3 Å². The molecule has 0 radical (unpaired) electrons. The highest BCUT2D eigenvalue weighted by atomic mass is 32.1. The van der Waals surface area contributed by atoms with E-state index in [4.69, 9.17) is 11.0 Å². The van der Waals surface area contributed by atoms with Crippen LogP contribution in [0.5, 0.6) is 0 Å². The molecule has 0 aliphatic carbocycles. The van der Waals surface area contributed by atoms with Crippen molar-refractivity contribution in [2.45, 2.75) is 0 Å². The molecule has 0 amide bonds. The number of thiophene rings is 1. The first-order valence-electron chi connectivity index (χ1n) is 3.60. The van der Waals surface area contributed by atoms with Gasteiger partial charge >= 0.3 is 0 Å². The highest BCUT2D eigenvalue weighted by Crippen LogP contribution is 2.29. The molecule has 2 aromatic heterocycles. The molecule has 0 aromatic carbocycles.